The molecule has 0 heterocycles. The van der Waals surface area contributed by atoms with Crippen LogP contribution in [0.2, 0.25) is 0 Å². The highest BCUT2D eigenvalue weighted by Gasteiger charge is 2.08. The second-order valence-corrected chi connectivity index (χ2v) is 4.76. The van der Waals surface area contributed by atoms with Crippen LogP contribution in [0.1, 0.15) is 30.0 Å². The summed E-state index contributed by atoms with van der Waals surface area (Å²) in [5, 5.41) is 19.7. The Bertz CT molecular complexity index is 635. The number of phenolic OH excluding ortho intramolecular Hbond substituents is 2. The molecule has 21 heavy (non-hydrogen) atoms. The van der Waals surface area contributed by atoms with E-state index in [1.54, 1.807) is 0 Å². The van der Waals surface area contributed by atoms with E-state index >= 15 is 0 Å². The van der Waals surface area contributed by atoms with E-state index in [0.717, 1.165) is 6.42 Å². The summed E-state index contributed by atoms with van der Waals surface area (Å²) in [6.07, 6.45) is 4.06. The molecule has 0 unspecified atom stereocenters. The molecule has 0 radical (unpaired) electrons. The van der Waals surface area contributed by atoms with Crippen molar-refractivity contribution in [2.75, 3.05) is 0 Å². The van der Waals surface area contributed by atoms with Gasteiger partial charge in [0.05, 0.1) is 0 Å². The van der Waals surface area contributed by atoms with Gasteiger partial charge in [-0.15, -0.1) is 0 Å². The van der Waals surface area contributed by atoms with Crippen molar-refractivity contribution in [1.82, 2.24) is 0 Å². The third kappa shape index (κ3) is 3.40. The summed E-state index contributed by atoms with van der Waals surface area (Å²) in [6.45, 7) is 1.94. The number of aromatic hydroxyl groups is 2. The molecular weight excluding hydrogens is 274 g/mol. The van der Waals surface area contributed by atoms with E-state index < -0.39 is 11.6 Å². The highest BCUT2D eigenvalue weighted by molar-refractivity contribution is 5.72. The summed E-state index contributed by atoms with van der Waals surface area (Å²) >= 11 is 0. The SMILES string of the molecule is CCCc1c(O)cc(/C=C/c2c(F)cccc2F)cc1O. The third-order valence-corrected chi connectivity index (χ3v) is 3.17. The number of hydrogen-bond donors (Lipinski definition) is 2. The van der Waals surface area contributed by atoms with Gasteiger partial charge in [-0.3, -0.25) is 0 Å². The highest BCUT2D eigenvalue weighted by Crippen LogP contribution is 2.31. The van der Waals surface area contributed by atoms with Gasteiger partial charge in [-0.1, -0.05) is 25.5 Å². The van der Waals surface area contributed by atoms with Gasteiger partial charge in [0.1, 0.15) is 23.1 Å². The standard InChI is InChI=1S/C17H16F2O2/c1-2-4-13-16(20)9-11(10-17(13)21)7-8-12-14(18)5-3-6-15(12)19/h3,5-10,20-21H,2,4H2,1H3/b8-7+. The van der Waals surface area contributed by atoms with Crippen LogP contribution >= 0.6 is 0 Å². The van der Waals surface area contributed by atoms with Crippen LogP contribution in [0.4, 0.5) is 8.78 Å². The van der Waals surface area contributed by atoms with Gasteiger partial charge in [0, 0.05) is 11.1 Å². The first-order valence-electron chi connectivity index (χ1n) is 6.70. The first kappa shape index (κ1) is 15.0. The van der Waals surface area contributed by atoms with E-state index in [1.807, 2.05) is 6.92 Å². The smallest absolute Gasteiger partial charge is 0.133 e. The molecule has 2 aromatic carbocycles. The third-order valence-electron chi connectivity index (χ3n) is 3.17. The number of benzene rings is 2. The summed E-state index contributed by atoms with van der Waals surface area (Å²) in [7, 11) is 0. The number of halogens is 2. The fourth-order valence-electron chi connectivity index (χ4n) is 2.11. The van der Waals surface area contributed by atoms with Gasteiger partial charge in [0.25, 0.3) is 0 Å². The lowest BCUT2D eigenvalue weighted by atomic mass is 10.0. The Labute approximate surface area is 122 Å². The van der Waals surface area contributed by atoms with Crippen molar-refractivity contribution < 1.29 is 19.0 Å². The lowest BCUT2D eigenvalue weighted by Gasteiger charge is -2.07. The molecule has 2 rings (SSSR count). The molecular formula is C17H16F2O2. The maximum atomic E-state index is 13.5. The van der Waals surface area contributed by atoms with Crippen molar-refractivity contribution in [3.63, 3.8) is 0 Å². The summed E-state index contributed by atoms with van der Waals surface area (Å²) < 4.78 is 27.0. The lowest BCUT2D eigenvalue weighted by Crippen LogP contribution is -1.88. The van der Waals surface area contributed by atoms with Crippen LogP contribution in [-0.2, 0) is 6.42 Å². The zero-order valence-corrected chi connectivity index (χ0v) is 11.6. The average Bonchev–Trinajstić information content (AvgIpc) is 2.42. The van der Waals surface area contributed by atoms with Crippen LogP contribution in [-0.4, -0.2) is 10.2 Å². The number of hydrogen-bond acceptors (Lipinski definition) is 2. The molecule has 0 aliphatic heterocycles. The summed E-state index contributed by atoms with van der Waals surface area (Å²) in [6, 6.07) is 6.54. The van der Waals surface area contributed by atoms with Gasteiger partial charge in [-0.2, -0.15) is 0 Å². The molecule has 2 N–H and O–H groups in total. The monoisotopic (exact) mass is 290 g/mol. The molecule has 0 fully saturated rings. The Balaban J connectivity index is 2.34. The predicted molar refractivity (Wildman–Crippen MR) is 79.1 cm³/mol. The number of phenols is 2. The first-order chi connectivity index (χ1) is 10.0. The van der Waals surface area contributed by atoms with E-state index in [2.05, 4.69) is 0 Å². The van der Waals surface area contributed by atoms with Gasteiger partial charge in [0.15, 0.2) is 0 Å². The second-order valence-electron chi connectivity index (χ2n) is 4.76. The van der Waals surface area contributed by atoms with Crippen molar-refractivity contribution in [3.8, 4) is 11.5 Å². The van der Waals surface area contributed by atoms with E-state index in [1.165, 1.54) is 42.5 Å². The van der Waals surface area contributed by atoms with E-state index in [4.69, 9.17) is 0 Å². The molecule has 0 aliphatic rings. The summed E-state index contributed by atoms with van der Waals surface area (Å²) in [5.74, 6) is -1.37. The van der Waals surface area contributed by atoms with Crippen molar-refractivity contribution in [1.29, 1.82) is 0 Å². The molecule has 0 aliphatic carbocycles. The Hall–Kier alpha value is -2.36. The van der Waals surface area contributed by atoms with Crippen molar-refractivity contribution in [3.05, 3.63) is 58.7 Å². The quantitative estimate of drug-likeness (QED) is 0.814. The topological polar surface area (TPSA) is 40.5 Å². The largest absolute Gasteiger partial charge is 0.508 e. The lowest BCUT2D eigenvalue weighted by molar-refractivity contribution is 0.437. The molecule has 2 aromatic rings. The van der Waals surface area contributed by atoms with Gasteiger partial charge in [-0.05, 0) is 42.3 Å². The molecule has 0 spiro atoms. The van der Waals surface area contributed by atoms with Crippen LogP contribution in [0.5, 0.6) is 11.5 Å². The molecule has 0 aromatic heterocycles. The minimum atomic E-state index is -0.665. The van der Waals surface area contributed by atoms with Crippen LogP contribution in [0.3, 0.4) is 0 Å². The van der Waals surface area contributed by atoms with Crippen molar-refractivity contribution >= 4 is 12.2 Å². The van der Waals surface area contributed by atoms with Crippen LogP contribution in [0.25, 0.3) is 12.2 Å². The fraction of sp³-hybridized carbons (Fsp3) is 0.176. The van der Waals surface area contributed by atoms with Crippen LogP contribution in [0.15, 0.2) is 30.3 Å². The summed E-state index contributed by atoms with van der Waals surface area (Å²) in [5.41, 5.74) is 0.786. The second kappa shape index (κ2) is 6.39. The number of rotatable bonds is 4. The molecule has 0 atom stereocenters. The molecule has 0 saturated heterocycles. The highest BCUT2D eigenvalue weighted by atomic mass is 19.1. The van der Waals surface area contributed by atoms with Crippen molar-refractivity contribution in [2.24, 2.45) is 0 Å². The molecule has 0 bridgehead atoms. The zero-order valence-electron chi connectivity index (χ0n) is 11.6. The molecule has 2 nitrogen and oxygen atoms in total. The maximum Gasteiger partial charge on any atom is 0.133 e. The van der Waals surface area contributed by atoms with Crippen LogP contribution in [0, 0.1) is 11.6 Å². The Morgan fingerprint density at radius 3 is 2.10 bits per heavy atom. The minimum absolute atomic E-state index is 0.0227. The maximum absolute atomic E-state index is 13.5. The van der Waals surface area contributed by atoms with Crippen LogP contribution < -0.4 is 0 Å². The van der Waals surface area contributed by atoms with Crippen molar-refractivity contribution in [2.45, 2.75) is 19.8 Å². The van der Waals surface area contributed by atoms with Gasteiger partial charge < -0.3 is 10.2 Å². The average molecular weight is 290 g/mol. The predicted octanol–water partition coefficient (Wildman–Crippen LogP) is 4.50. The van der Waals surface area contributed by atoms with Gasteiger partial charge >= 0.3 is 0 Å². The normalized spacial score (nSPS) is 11.2. The molecule has 0 saturated carbocycles. The molecule has 110 valence electrons. The molecule has 0 amide bonds. The van der Waals surface area contributed by atoms with E-state index in [-0.39, 0.29) is 17.1 Å². The Kier molecular flexibility index (Phi) is 4.58. The van der Waals surface area contributed by atoms with E-state index in [0.29, 0.717) is 17.5 Å². The molecule has 4 heteroatoms. The van der Waals surface area contributed by atoms with E-state index in [9.17, 15) is 19.0 Å². The fourth-order valence-corrected chi connectivity index (χ4v) is 2.11. The first-order valence-corrected chi connectivity index (χ1v) is 6.70. The van der Waals surface area contributed by atoms with Gasteiger partial charge in [0.2, 0.25) is 0 Å². The minimum Gasteiger partial charge on any atom is -0.508 e. The summed E-state index contributed by atoms with van der Waals surface area (Å²) in [4.78, 5) is 0. The Morgan fingerprint density at radius 2 is 1.57 bits per heavy atom. The zero-order chi connectivity index (χ0) is 15.4. The Morgan fingerprint density at radius 1 is 1.00 bits per heavy atom. The van der Waals surface area contributed by atoms with Gasteiger partial charge in [-0.25, -0.2) is 8.78 Å².